The summed E-state index contributed by atoms with van der Waals surface area (Å²) in [5, 5.41) is 21.6. The summed E-state index contributed by atoms with van der Waals surface area (Å²) < 4.78 is 0. The van der Waals surface area contributed by atoms with Crippen LogP contribution in [-0.2, 0) is 6.54 Å². The molecular weight excluding hydrogens is 366 g/mol. The van der Waals surface area contributed by atoms with Gasteiger partial charge in [-0.3, -0.25) is 0 Å². The van der Waals surface area contributed by atoms with Crippen molar-refractivity contribution >= 4 is 44.7 Å². The van der Waals surface area contributed by atoms with E-state index >= 15 is 0 Å². The Balaban J connectivity index is 0.00000192. The van der Waals surface area contributed by atoms with Gasteiger partial charge in [-0.2, -0.15) is 0 Å². The average molecular weight is 388 g/mol. The number of hydrogen-bond donors (Lipinski definition) is 2. The second-order valence-corrected chi connectivity index (χ2v) is 7.14. The van der Waals surface area contributed by atoms with Crippen molar-refractivity contribution in [1.82, 2.24) is 5.32 Å². The van der Waals surface area contributed by atoms with Gasteiger partial charge >= 0.3 is 0 Å². The number of nitrogens with one attached hydrogen (secondary N) is 1. The summed E-state index contributed by atoms with van der Waals surface area (Å²) >= 11 is 0. The molecular formula is C25H22ClNO. The van der Waals surface area contributed by atoms with Crippen molar-refractivity contribution in [1.29, 1.82) is 0 Å². The van der Waals surface area contributed by atoms with E-state index in [-0.39, 0.29) is 12.4 Å². The van der Waals surface area contributed by atoms with Crippen molar-refractivity contribution in [2.24, 2.45) is 0 Å². The number of rotatable bonds is 5. The van der Waals surface area contributed by atoms with Gasteiger partial charge < -0.3 is 10.4 Å². The lowest BCUT2D eigenvalue weighted by molar-refractivity contribution is 0.174. The molecule has 0 fully saturated rings. The summed E-state index contributed by atoms with van der Waals surface area (Å²) in [5.74, 6) is 0. The summed E-state index contributed by atoms with van der Waals surface area (Å²) in [7, 11) is 0. The quantitative estimate of drug-likeness (QED) is 0.372. The van der Waals surface area contributed by atoms with Crippen molar-refractivity contribution in [2.45, 2.75) is 12.6 Å². The molecule has 140 valence electrons. The van der Waals surface area contributed by atoms with Crippen LogP contribution in [0.2, 0.25) is 0 Å². The van der Waals surface area contributed by atoms with E-state index in [9.17, 15) is 5.11 Å². The van der Waals surface area contributed by atoms with Crippen LogP contribution in [0.1, 0.15) is 17.2 Å². The molecule has 5 rings (SSSR count). The van der Waals surface area contributed by atoms with E-state index < -0.39 is 6.10 Å². The molecule has 0 aliphatic rings. The van der Waals surface area contributed by atoms with Gasteiger partial charge in [0.1, 0.15) is 0 Å². The first-order valence-electron chi connectivity index (χ1n) is 9.40. The Bertz CT molecular complexity index is 1200. The van der Waals surface area contributed by atoms with Crippen LogP contribution in [-0.4, -0.2) is 11.7 Å². The van der Waals surface area contributed by atoms with Gasteiger partial charge in [0.2, 0.25) is 0 Å². The zero-order valence-electron chi connectivity index (χ0n) is 15.4. The normalized spacial score (nSPS) is 12.5. The first-order chi connectivity index (χ1) is 13.3. The summed E-state index contributed by atoms with van der Waals surface area (Å²) in [6.07, 6.45) is -0.494. The molecule has 0 bridgehead atoms. The molecule has 1 atom stereocenters. The number of benzene rings is 5. The molecule has 0 saturated carbocycles. The van der Waals surface area contributed by atoms with Crippen LogP contribution < -0.4 is 5.32 Å². The molecule has 28 heavy (non-hydrogen) atoms. The van der Waals surface area contributed by atoms with Crippen molar-refractivity contribution in [2.75, 3.05) is 6.54 Å². The molecule has 0 aromatic heterocycles. The molecule has 1 unspecified atom stereocenters. The molecule has 0 aliphatic carbocycles. The number of hydrogen-bond acceptors (Lipinski definition) is 2. The summed E-state index contributed by atoms with van der Waals surface area (Å²) in [6, 6.07) is 29.6. The molecule has 5 aromatic carbocycles. The van der Waals surface area contributed by atoms with Gasteiger partial charge in [0, 0.05) is 13.1 Å². The summed E-state index contributed by atoms with van der Waals surface area (Å²) in [6.45, 7) is 1.27. The zero-order valence-corrected chi connectivity index (χ0v) is 16.2. The van der Waals surface area contributed by atoms with Crippen molar-refractivity contribution in [3.05, 3.63) is 96.1 Å². The number of halogens is 1. The van der Waals surface area contributed by atoms with E-state index in [4.69, 9.17) is 0 Å². The third-order valence-corrected chi connectivity index (χ3v) is 5.46. The van der Waals surface area contributed by atoms with Crippen LogP contribution in [0.3, 0.4) is 0 Å². The second-order valence-electron chi connectivity index (χ2n) is 7.14. The number of aliphatic hydroxyl groups excluding tert-OH is 1. The maximum atomic E-state index is 10.4. The molecule has 2 N–H and O–H groups in total. The van der Waals surface area contributed by atoms with E-state index in [2.05, 4.69) is 59.9 Å². The summed E-state index contributed by atoms with van der Waals surface area (Å²) in [4.78, 5) is 0. The van der Waals surface area contributed by atoms with E-state index in [0.29, 0.717) is 6.54 Å². The van der Waals surface area contributed by atoms with Gasteiger partial charge in [-0.25, -0.2) is 0 Å². The Hall–Kier alpha value is -2.65. The topological polar surface area (TPSA) is 32.3 Å². The summed E-state index contributed by atoms with van der Waals surface area (Å²) in [5.41, 5.74) is 2.21. The molecule has 2 nitrogen and oxygen atoms in total. The second kappa shape index (κ2) is 7.76. The molecule has 5 aromatic rings. The molecule has 0 aliphatic heterocycles. The first kappa shape index (κ1) is 18.7. The van der Waals surface area contributed by atoms with Gasteiger partial charge in [0.05, 0.1) is 6.10 Å². The fraction of sp³-hybridized carbons (Fsp3) is 0.120. The lowest BCUT2D eigenvalue weighted by Crippen LogP contribution is -2.21. The highest BCUT2D eigenvalue weighted by molar-refractivity contribution is 6.23. The maximum absolute atomic E-state index is 10.4. The molecule has 0 amide bonds. The van der Waals surface area contributed by atoms with Crippen LogP contribution in [0, 0.1) is 0 Å². The maximum Gasteiger partial charge on any atom is 0.0914 e. The molecule has 0 saturated heterocycles. The van der Waals surface area contributed by atoms with Gasteiger partial charge in [0.15, 0.2) is 0 Å². The molecule has 0 radical (unpaired) electrons. The molecule has 3 heteroatoms. The van der Waals surface area contributed by atoms with Crippen molar-refractivity contribution in [3.8, 4) is 0 Å². The van der Waals surface area contributed by atoms with Crippen LogP contribution in [0.15, 0.2) is 84.9 Å². The van der Waals surface area contributed by atoms with Crippen molar-refractivity contribution < 1.29 is 5.11 Å². The van der Waals surface area contributed by atoms with E-state index in [1.807, 2.05) is 30.3 Å². The fourth-order valence-corrected chi connectivity index (χ4v) is 4.09. The predicted octanol–water partition coefficient (Wildman–Crippen LogP) is 5.83. The zero-order chi connectivity index (χ0) is 18.2. The Kier molecular flexibility index (Phi) is 5.19. The minimum atomic E-state index is -0.494. The van der Waals surface area contributed by atoms with Crippen LogP contribution in [0.25, 0.3) is 32.3 Å². The fourth-order valence-electron chi connectivity index (χ4n) is 4.09. The van der Waals surface area contributed by atoms with Crippen LogP contribution >= 0.6 is 12.4 Å². The van der Waals surface area contributed by atoms with Gasteiger partial charge in [0.25, 0.3) is 0 Å². The molecule has 0 spiro atoms. The third-order valence-electron chi connectivity index (χ3n) is 5.46. The lowest BCUT2D eigenvalue weighted by atomic mass is 9.92. The Labute approximate surface area is 170 Å². The number of aliphatic hydroxyl groups is 1. The van der Waals surface area contributed by atoms with Crippen LogP contribution in [0.4, 0.5) is 0 Å². The van der Waals surface area contributed by atoms with E-state index in [1.54, 1.807) is 0 Å². The Morgan fingerprint density at radius 2 is 1.32 bits per heavy atom. The first-order valence-corrected chi connectivity index (χ1v) is 9.40. The molecule has 0 heterocycles. The van der Waals surface area contributed by atoms with E-state index in [1.165, 1.54) is 37.9 Å². The highest BCUT2D eigenvalue weighted by atomic mass is 35.5. The van der Waals surface area contributed by atoms with Gasteiger partial charge in [-0.05, 0) is 43.4 Å². The minimum Gasteiger partial charge on any atom is -0.387 e. The lowest BCUT2D eigenvalue weighted by Gasteiger charge is -2.16. The third kappa shape index (κ3) is 3.20. The highest BCUT2D eigenvalue weighted by Gasteiger charge is 2.11. The predicted molar refractivity (Wildman–Crippen MR) is 121 cm³/mol. The minimum absolute atomic E-state index is 0. The largest absolute Gasteiger partial charge is 0.387 e. The van der Waals surface area contributed by atoms with Gasteiger partial charge in [-0.15, -0.1) is 12.4 Å². The smallest absolute Gasteiger partial charge is 0.0914 e. The van der Waals surface area contributed by atoms with E-state index in [0.717, 1.165) is 12.1 Å². The van der Waals surface area contributed by atoms with Crippen LogP contribution in [0.5, 0.6) is 0 Å². The van der Waals surface area contributed by atoms with Crippen molar-refractivity contribution in [3.63, 3.8) is 0 Å². The SMILES string of the molecule is Cl.OC(CNCc1ccc2ccc3cccc4ccc1c2c34)c1ccccc1. The van der Waals surface area contributed by atoms with Gasteiger partial charge in [-0.1, -0.05) is 84.9 Å². The Morgan fingerprint density at radius 1 is 0.679 bits per heavy atom. The highest BCUT2D eigenvalue weighted by Crippen LogP contribution is 2.35. The standard InChI is InChI=1S/C25H21NO.ClH/c27-23(17-5-2-1-3-6-17)16-26-15-21-12-11-20-10-9-18-7-4-8-19-13-14-22(21)25(20)24(18)19;/h1-14,23,26-27H,15-16H2;1H. The monoisotopic (exact) mass is 387 g/mol. The average Bonchev–Trinajstić information content (AvgIpc) is 2.73. The Morgan fingerprint density at radius 3 is 2.07 bits per heavy atom.